The highest BCUT2D eigenvalue weighted by Gasteiger charge is 2.32. The summed E-state index contributed by atoms with van der Waals surface area (Å²) in [6, 6.07) is 65.1. The van der Waals surface area contributed by atoms with E-state index in [2.05, 4.69) is 222 Å². The van der Waals surface area contributed by atoms with E-state index in [4.69, 9.17) is 4.74 Å². The minimum absolute atomic E-state index is 0.675. The Hall–Kier alpha value is -7.30. The topological polar surface area (TPSA) is 20.6 Å². The van der Waals surface area contributed by atoms with Crippen LogP contribution in [-0.2, 0) is 6.54 Å². The van der Waals surface area contributed by atoms with Crippen LogP contribution in [0.3, 0.4) is 0 Å². The fourth-order valence-electron chi connectivity index (χ4n) is 8.28. The zero-order valence-electron chi connectivity index (χ0n) is 31.8. The number of para-hydroxylation sites is 3. The lowest BCUT2D eigenvalue weighted by atomic mass is 9.98. The van der Waals surface area contributed by atoms with Gasteiger partial charge in [0.25, 0.3) is 0 Å². The number of fused-ring (bicyclic) bond motifs is 7. The average Bonchev–Trinajstić information content (AvgIpc) is 3.58. The van der Waals surface area contributed by atoms with Gasteiger partial charge in [-0.15, -0.1) is 0 Å². The van der Waals surface area contributed by atoms with Crippen LogP contribution < -0.4 is 14.5 Å². The Bertz CT molecular complexity index is 2940. The minimum Gasteiger partial charge on any atom is -0.451 e. The smallest absolute Gasteiger partial charge is 0.178 e. The van der Waals surface area contributed by atoms with Crippen LogP contribution in [0.25, 0.3) is 43.6 Å². The maximum absolute atomic E-state index is 6.99. The third kappa shape index (κ3) is 6.12. The van der Waals surface area contributed by atoms with Crippen LogP contribution in [0.2, 0.25) is 0 Å². The van der Waals surface area contributed by atoms with Crippen molar-refractivity contribution in [3.8, 4) is 22.6 Å². The lowest BCUT2D eigenvalue weighted by molar-refractivity contribution is 0.479. The minimum atomic E-state index is 0.675. The summed E-state index contributed by atoms with van der Waals surface area (Å²) in [7, 11) is 0. The first-order valence-electron chi connectivity index (χ1n) is 19.7. The molecule has 0 atom stereocenters. The van der Waals surface area contributed by atoms with Gasteiger partial charge in [-0.25, -0.2) is 0 Å². The van der Waals surface area contributed by atoms with Gasteiger partial charge in [-0.05, 0) is 94.4 Å². The SMILES string of the molecule is CC/C=C\C=C/Cn1c2c(c3cc(N(c4ccc(-c5ccccc5)cc4)c4cc5ccccc5c5ccccc45)ccc31)Oc1ccccc1N2c1ccccc1. The van der Waals surface area contributed by atoms with E-state index in [-0.39, 0.29) is 0 Å². The summed E-state index contributed by atoms with van der Waals surface area (Å²) in [5, 5.41) is 5.90. The van der Waals surface area contributed by atoms with Gasteiger partial charge in [-0.3, -0.25) is 4.90 Å². The lowest BCUT2D eigenvalue weighted by Gasteiger charge is -2.32. The van der Waals surface area contributed by atoms with Crippen LogP contribution >= 0.6 is 0 Å². The van der Waals surface area contributed by atoms with Gasteiger partial charge in [0.2, 0.25) is 0 Å². The number of aromatic nitrogens is 1. The summed E-state index contributed by atoms with van der Waals surface area (Å²) in [5.74, 6) is 2.68. The van der Waals surface area contributed by atoms with Gasteiger partial charge in [0.05, 0.1) is 16.9 Å². The maximum Gasteiger partial charge on any atom is 0.178 e. The van der Waals surface area contributed by atoms with Crippen LogP contribution in [-0.4, -0.2) is 4.57 Å². The Morgan fingerprint density at radius 2 is 1.19 bits per heavy atom. The number of anilines is 6. The second-order valence-corrected chi connectivity index (χ2v) is 14.4. The van der Waals surface area contributed by atoms with Gasteiger partial charge >= 0.3 is 0 Å². The molecule has 9 aromatic rings. The number of hydrogen-bond donors (Lipinski definition) is 0. The number of ether oxygens (including phenoxy) is 1. The van der Waals surface area contributed by atoms with E-state index in [1.165, 1.54) is 32.7 Å². The van der Waals surface area contributed by atoms with E-state index in [0.717, 1.165) is 63.1 Å². The molecule has 1 aliphatic heterocycles. The number of hydrogen-bond acceptors (Lipinski definition) is 3. The molecule has 2 heterocycles. The summed E-state index contributed by atoms with van der Waals surface area (Å²) in [6.45, 7) is 2.83. The van der Waals surface area contributed by atoms with Crippen molar-refractivity contribution < 1.29 is 4.74 Å². The third-order valence-electron chi connectivity index (χ3n) is 10.9. The van der Waals surface area contributed by atoms with Crippen molar-refractivity contribution in [2.45, 2.75) is 19.9 Å². The molecule has 1 aliphatic rings. The summed E-state index contributed by atoms with van der Waals surface area (Å²) in [5.41, 5.74) is 8.81. The molecule has 0 saturated heterocycles. The molecule has 10 rings (SSSR count). The Kier molecular flexibility index (Phi) is 8.85. The first kappa shape index (κ1) is 34.2. The van der Waals surface area contributed by atoms with E-state index in [9.17, 15) is 0 Å². The predicted molar refractivity (Wildman–Crippen MR) is 240 cm³/mol. The summed E-state index contributed by atoms with van der Waals surface area (Å²) in [4.78, 5) is 4.76. The van der Waals surface area contributed by atoms with E-state index in [1.807, 2.05) is 6.07 Å². The second-order valence-electron chi connectivity index (χ2n) is 14.4. The van der Waals surface area contributed by atoms with Crippen LogP contribution in [0.5, 0.6) is 11.5 Å². The second kappa shape index (κ2) is 14.7. The highest BCUT2D eigenvalue weighted by molar-refractivity contribution is 6.15. The van der Waals surface area contributed by atoms with Crippen molar-refractivity contribution in [1.29, 1.82) is 0 Å². The quantitative estimate of drug-likeness (QED) is 0.109. The Morgan fingerprint density at radius 1 is 0.544 bits per heavy atom. The molecule has 0 radical (unpaired) electrons. The zero-order chi connectivity index (χ0) is 38.1. The van der Waals surface area contributed by atoms with E-state index < -0.39 is 0 Å². The molecule has 0 fully saturated rings. The van der Waals surface area contributed by atoms with E-state index in [1.54, 1.807) is 0 Å². The van der Waals surface area contributed by atoms with Crippen LogP contribution in [0.15, 0.2) is 206 Å². The lowest BCUT2D eigenvalue weighted by Crippen LogP contribution is -2.18. The molecule has 0 bridgehead atoms. The van der Waals surface area contributed by atoms with E-state index >= 15 is 0 Å². The first-order chi connectivity index (χ1) is 28.3. The summed E-state index contributed by atoms with van der Waals surface area (Å²) < 4.78 is 9.37. The molecule has 274 valence electrons. The van der Waals surface area contributed by atoms with Crippen LogP contribution in [0.1, 0.15) is 13.3 Å². The monoisotopic (exact) mass is 735 g/mol. The van der Waals surface area contributed by atoms with Crippen molar-refractivity contribution in [2.24, 2.45) is 0 Å². The molecular formula is C53H41N3O. The van der Waals surface area contributed by atoms with Crippen LogP contribution in [0, 0.1) is 0 Å². The molecule has 1 aromatic heterocycles. The van der Waals surface area contributed by atoms with Crippen molar-refractivity contribution in [2.75, 3.05) is 9.80 Å². The standard InChI is InChI=1S/C53H41N3O/c1-2-3-4-5-18-35-54-48-34-33-43(37-47(48)52-53(54)56(41-22-10-7-11-23-41)49-27-16-17-28-51(49)57-52)55(42-31-29-39(30-32-42)38-19-8-6-9-20-38)50-36-40-21-12-13-24-44(40)45-25-14-15-26-46(45)50/h3-34,36-37H,2,35H2,1H3/b4-3-,18-5-. The Balaban J connectivity index is 1.22. The molecule has 57 heavy (non-hydrogen) atoms. The van der Waals surface area contributed by atoms with Crippen molar-refractivity contribution >= 4 is 66.7 Å². The first-order valence-corrected chi connectivity index (χ1v) is 19.7. The predicted octanol–water partition coefficient (Wildman–Crippen LogP) is 15.2. The fraction of sp³-hybridized carbons (Fsp3) is 0.0566. The molecule has 8 aromatic carbocycles. The summed E-state index contributed by atoms with van der Waals surface area (Å²) in [6.07, 6.45) is 9.68. The number of nitrogens with zero attached hydrogens (tertiary/aromatic N) is 3. The molecule has 0 N–H and O–H groups in total. The largest absolute Gasteiger partial charge is 0.451 e. The fourth-order valence-corrected chi connectivity index (χ4v) is 8.28. The molecule has 4 heteroatoms. The number of rotatable bonds is 9. The molecule has 0 saturated carbocycles. The molecule has 0 amide bonds. The Labute approximate surface area is 333 Å². The van der Waals surface area contributed by atoms with Gasteiger partial charge in [0, 0.05) is 34.4 Å². The van der Waals surface area contributed by atoms with Gasteiger partial charge < -0.3 is 14.2 Å². The molecule has 0 unspecified atom stereocenters. The Morgan fingerprint density at radius 3 is 2.00 bits per heavy atom. The van der Waals surface area contributed by atoms with Gasteiger partial charge in [0.15, 0.2) is 17.3 Å². The maximum atomic E-state index is 6.99. The van der Waals surface area contributed by atoms with Gasteiger partial charge in [-0.2, -0.15) is 0 Å². The highest BCUT2D eigenvalue weighted by atomic mass is 16.5. The van der Waals surface area contributed by atoms with Crippen molar-refractivity contribution in [3.05, 3.63) is 206 Å². The molecular weight excluding hydrogens is 695 g/mol. The normalized spacial score (nSPS) is 12.4. The van der Waals surface area contributed by atoms with Gasteiger partial charge in [-0.1, -0.05) is 153 Å². The van der Waals surface area contributed by atoms with E-state index in [0.29, 0.717) is 6.54 Å². The number of allylic oxidation sites excluding steroid dienone is 4. The van der Waals surface area contributed by atoms with Crippen molar-refractivity contribution in [3.63, 3.8) is 0 Å². The third-order valence-corrected chi connectivity index (χ3v) is 10.9. The highest BCUT2D eigenvalue weighted by Crippen LogP contribution is 2.55. The van der Waals surface area contributed by atoms with Crippen LogP contribution in [0.4, 0.5) is 34.3 Å². The van der Waals surface area contributed by atoms with Gasteiger partial charge in [0.1, 0.15) is 0 Å². The average molecular weight is 736 g/mol. The molecule has 4 nitrogen and oxygen atoms in total. The summed E-state index contributed by atoms with van der Waals surface area (Å²) >= 11 is 0. The molecule has 0 aliphatic carbocycles. The number of benzene rings is 8. The zero-order valence-corrected chi connectivity index (χ0v) is 31.8. The van der Waals surface area contributed by atoms with Crippen molar-refractivity contribution in [1.82, 2.24) is 4.57 Å². The molecule has 0 spiro atoms.